The number of hydrogen-bond donors (Lipinski definition) is 2. The van der Waals surface area contributed by atoms with Crippen molar-refractivity contribution in [1.82, 2.24) is 4.90 Å². The van der Waals surface area contributed by atoms with Crippen LogP contribution in [0, 0.1) is 5.82 Å². The Labute approximate surface area is 274 Å². The third kappa shape index (κ3) is 12.4. The summed E-state index contributed by atoms with van der Waals surface area (Å²) in [7, 11) is 0. The zero-order valence-corrected chi connectivity index (χ0v) is 26.5. The van der Waals surface area contributed by atoms with E-state index in [1.54, 1.807) is 60.4 Å². The minimum Gasteiger partial charge on any atom is -0.492 e. The van der Waals surface area contributed by atoms with Crippen LogP contribution in [0.3, 0.4) is 0 Å². The number of carbonyl (C=O) groups is 2. The number of nitrogens with zero attached hydrogens (tertiary/aromatic N) is 1. The third-order valence-electron chi connectivity index (χ3n) is 7.14. The number of carbonyl (C=O) groups excluding carboxylic acids is 1. The number of nitrogens with one attached hydrogen (secondary N) is 1. The third-order valence-corrected chi connectivity index (χ3v) is 7.14. The molecule has 248 valence electrons. The summed E-state index contributed by atoms with van der Waals surface area (Å²) in [6.07, 6.45) is 0.794. The van der Waals surface area contributed by atoms with Crippen LogP contribution in [0.25, 0.3) is 0 Å². The molecule has 9 nitrogen and oxygen atoms in total. The Morgan fingerprint density at radius 2 is 1.45 bits per heavy atom. The molecule has 4 aromatic rings. The summed E-state index contributed by atoms with van der Waals surface area (Å²) in [6, 6.07) is 29.8. The van der Waals surface area contributed by atoms with Gasteiger partial charge in [0.15, 0.2) is 6.10 Å². The van der Waals surface area contributed by atoms with Crippen LogP contribution in [0.15, 0.2) is 103 Å². The van der Waals surface area contributed by atoms with E-state index in [0.717, 1.165) is 23.3 Å². The maximum absolute atomic E-state index is 13.3. The van der Waals surface area contributed by atoms with Gasteiger partial charge in [0, 0.05) is 31.9 Å². The molecular weight excluding hydrogens is 603 g/mol. The Morgan fingerprint density at radius 1 is 0.787 bits per heavy atom. The van der Waals surface area contributed by atoms with Crippen molar-refractivity contribution in [3.8, 4) is 17.2 Å². The molecule has 1 unspecified atom stereocenters. The van der Waals surface area contributed by atoms with Gasteiger partial charge in [0.05, 0.1) is 13.2 Å². The number of anilines is 1. The second-order valence-electron chi connectivity index (χ2n) is 10.7. The summed E-state index contributed by atoms with van der Waals surface area (Å²) in [5.41, 5.74) is 2.35. The minimum absolute atomic E-state index is 0.254. The minimum atomic E-state index is -0.999. The largest absolute Gasteiger partial charge is 0.492 e. The molecule has 0 heterocycles. The first-order valence-electron chi connectivity index (χ1n) is 15.7. The van der Waals surface area contributed by atoms with Gasteiger partial charge >= 0.3 is 12.0 Å². The first kappa shape index (κ1) is 34.9. The standard InChI is InChI=1S/C37H41FN2O7/c1-2-45-35(36(41)42)26-28-12-18-32(19-13-28)46-25-23-40(22-6-7-24-44-27-29-10-14-30(38)15-11-29)37(43)39-31-16-20-34(21-17-31)47-33-8-4-3-5-9-33/h3-5,8-21,35H,2,6-7,22-27H2,1H3,(H,39,43)(H,41,42). The molecule has 0 saturated carbocycles. The maximum atomic E-state index is 13.3. The van der Waals surface area contributed by atoms with E-state index >= 15 is 0 Å². The van der Waals surface area contributed by atoms with E-state index < -0.39 is 12.1 Å². The van der Waals surface area contributed by atoms with Crippen LogP contribution in [0.5, 0.6) is 17.2 Å². The zero-order chi connectivity index (χ0) is 33.3. The Balaban J connectivity index is 1.28. The molecular formula is C37H41FN2O7. The zero-order valence-electron chi connectivity index (χ0n) is 26.5. The van der Waals surface area contributed by atoms with E-state index in [9.17, 15) is 19.1 Å². The van der Waals surface area contributed by atoms with Gasteiger partial charge in [-0.2, -0.15) is 0 Å². The Bertz CT molecular complexity index is 1500. The predicted octanol–water partition coefficient (Wildman–Crippen LogP) is 7.56. The van der Waals surface area contributed by atoms with Crippen LogP contribution in [-0.4, -0.2) is 61.0 Å². The van der Waals surface area contributed by atoms with E-state index in [0.29, 0.717) is 56.5 Å². The van der Waals surface area contributed by atoms with Gasteiger partial charge in [0.1, 0.15) is 29.7 Å². The van der Waals surface area contributed by atoms with Gasteiger partial charge in [0.25, 0.3) is 0 Å². The molecule has 4 aromatic carbocycles. The molecule has 0 fully saturated rings. The summed E-state index contributed by atoms with van der Waals surface area (Å²) in [5.74, 6) is 0.710. The predicted molar refractivity (Wildman–Crippen MR) is 178 cm³/mol. The molecule has 0 aromatic heterocycles. The number of ether oxygens (including phenoxy) is 4. The average molecular weight is 645 g/mol. The van der Waals surface area contributed by atoms with Gasteiger partial charge in [-0.1, -0.05) is 42.5 Å². The van der Waals surface area contributed by atoms with Gasteiger partial charge < -0.3 is 34.3 Å². The number of benzene rings is 4. The highest BCUT2D eigenvalue weighted by Gasteiger charge is 2.18. The highest BCUT2D eigenvalue weighted by Crippen LogP contribution is 2.23. The number of carboxylic acids is 1. The summed E-state index contributed by atoms with van der Waals surface area (Å²) < 4.78 is 35.9. The van der Waals surface area contributed by atoms with E-state index in [1.807, 2.05) is 42.5 Å². The number of carboxylic acid groups (broad SMARTS) is 1. The topological polar surface area (TPSA) is 107 Å². The number of hydrogen-bond acceptors (Lipinski definition) is 6. The Morgan fingerprint density at radius 3 is 2.13 bits per heavy atom. The molecule has 0 radical (unpaired) electrons. The van der Waals surface area contributed by atoms with Crippen LogP contribution >= 0.6 is 0 Å². The number of halogens is 1. The molecule has 0 aliphatic heterocycles. The second kappa shape index (κ2) is 18.9. The summed E-state index contributed by atoms with van der Waals surface area (Å²) in [5, 5.41) is 12.3. The van der Waals surface area contributed by atoms with Crippen molar-refractivity contribution >= 4 is 17.7 Å². The highest BCUT2D eigenvalue weighted by atomic mass is 19.1. The Kier molecular flexibility index (Phi) is 14.0. The summed E-state index contributed by atoms with van der Waals surface area (Å²) in [6.45, 7) is 4.06. The lowest BCUT2D eigenvalue weighted by Gasteiger charge is -2.23. The van der Waals surface area contributed by atoms with E-state index in [-0.39, 0.29) is 24.9 Å². The van der Waals surface area contributed by atoms with E-state index in [4.69, 9.17) is 18.9 Å². The van der Waals surface area contributed by atoms with Gasteiger partial charge in [-0.25, -0.2) is 14.0 Å². The first-order chi connectivity index (χ1) is 22.9. The monoisotopic (exact) mass is 644 g/mol. The van der Waals surface area contributed by atoms with E-state index in [1.165, 1.54) is 12.1 Å². The van der Waals surface area contributed by atoms with Crippen molar-refractivity contribution in [2.75, 3.05) is 38.2 Å². The van der Waals surface area contributed by atoms with Gasteiger partial charge in [-0.05, 0) is 91.6 Å². The summed E-state index contributed by atoms with van der Waals surface area (Å²) in [4.78, 5) is 26.4. The first-order valence-corrected chi connectivity index (χ1v) is 15.7. The molecule has 0 spiro atoms. The molecule has 1 atom stereocenters. The van der Waals surface area contributed by atoms with Crippen LogP contribution < -0.4 is 14.8 Å². The SMILES string of the molecule is CCOC(Cc1ccc(OCCN(CCCCOCc2ccc(F)cc2)C(=O)Nc2ccc(Oc3ccccc3)cc2)cc1)C(=O)O. The normalized spacial score (nSPS) is 11.4. The quantitative estimate of drug-likeness (QED) is 0.102. The second-order valence-corrected chi connectivity index (χ2v) is 10.7. The van der Waals surface area contributed by atoms with Crippen molar-refractivity contribution in [1.29, 1.82) is 0 Å². The Hall–Kier alpha value is -4.93. The lowest BCUT2D eigenvalue weighted by atomic mass is 10.1. The molecule has 47 heavy (non-hydrogen) atoms. The lowest BCUT2D eigenvalue weighted by molar-refractivity contribution is -0.149. The van der Waals surface area contributed by atoms with Gasteiger partial charge in [0.2, 0.25) is 0 Å². The van der Waals surface area contributed by atoms with Gasteiger partial charge in [-0.15, -0.1) is 0 Å². The van der Waals surface area contributed by atoms with Crippen molar-refractivity contribution in [3.05, 3.63) is 120 Å². The van der Waals surface area contributed by atoms with Crippen molar-refractivity contribution in [3.63, 3.8) is 0 Å². The molecule has 10 heteroatoms. The lowest BCUT2D eigenvalue weighted by Crippen LogP contribution is -2.38. The van der Waals surface area contributed by atoms with Crippen molar-refractivity contribution in [2.24, 2.45) is 0 Å². The molecule has 4 rings (SSSR count). The smallest absolute Gasteiger partial charge is 0.333 e. The number of aliphatic carboxylic acids is 1. The fraction of sp³-hybridized carbons (Fsp3) is 0.297. The van der Waals surface area contributed by atoms with Crippen LogP contribution in [0.4, 0.5) is 14.9 Å². The fourth-order valence-electron chi connectivity index (χ4n) is 4.65. The number of para-hydroxylation sites is 1. The van der Waals surface area contributed by atoms with Gasteiger partial charge in [-0.3, -0.25) is 0 Å². The molecule has 0 aliphatic carbocycles. The number of urea groups is 1. The number of unbranched alkanes of at least 4 members (excludes halogenated alkanes) is 1. The molecule has 2 N–H and O–H groups in total. The van der Waals surface area contributed by atoms with E-state index in [2.05, 4.69) is 5.32 Å². The van der Waals surface area contributed by atoms with Crippen molar-refractivity contribution < 1.29 is 38.0 Å². The number of rotatable bonds is 19. The average Bonchev–Trinajstić information content (AvgIpc) is 3.08. The molecule has 2 amide bonds. The van der Waals surface area contributed by atoms with Crippen molar-refractivity contribution in [2.45, 2.75) is 38.9 Å². The summed E-state index contributed by atoms with van der Waals surface area (Å²) >= 11 is 0. The maximum Gasteiger partial charge on any atom is 0.333 e. The highest BCUT2D eigenvalue weighted by molar-refractivity contribution is 5.89. The van der Waals surface area contributed by atoms with Crippen LogP contribution in [-0.2, 0) is 27.3 Å². The molecule has 0 aliphatic rings. The molecule has 0 bridgehead atoms. The van der Waals surface area contributed by atoms with Crippen LogP contribution in [0.2, 0.25) is 0 Å². The number of amides is 2. The van der Waals surface area contributed by atoms with Crippen LogP contribution in [0.1, 0.15) is 30.9 Å². The fourth-order valence-corrected chi connectivity index (χ4v) is 4.65. The molecule has 0 saturated heterocycles.